The van der Waals surface area contributed by atoms with E-state index in [9.17, 15) is 4.79 Å². The second kappa shape index (κ2) is 7.43. The lowest BCUT2D eigenvalue weighted by Crippen LogP contribution is -2.36. The number of nitrogens with one attached hydrogen (secondary N) is 1. The van der Waals surface area contributed by atoms with Crippen molar-refractivity contribution in [3.8, 4) is 0 Å². The van der Waals surface area contributed by atoms with Gasteiger partial charge in [-0.15, -0.1) is 0 Å². The van der Waals surface area contributed by atoms with E-state index >= 15 is 0 Å². The van der Waals surface area contributed by atoms with Crippen molar-refractivity contribution in [2.24, 2.45) is 0 Å². The zero-order chi connectivity index (χ0) is 16.9. The van der Waals surface area contributed by atoms with E-state index in [1.54, 1.807) is 6.07 Å². The molecule has 1 amide bonds. The minimum Gasteiger partial charge on any atom is -0.350 e. The van der Waals surface area contributed by atoms with Crippen LogP contribution < -0.4 is 5.32 Å². The Balaban J connectivity index is 1.71. The first kappa shape index (κ1) is 16.4. The number of amides is 1. The second-order valence-electron chi connectivity index (χ2n) is 6.41. The van der Waals surface area contributed by atoms with Crippen molar-refractivity contribution in [3.05, 3.63) is 52.8 Å². The summed E-state index contributed by atoms with van der Waals surface area (Å²) in [4.78, 5) is 23.4. The number of aryl methyl sites for hydroxylation is 2. The van der Waals surface area contributed by atoms with Crippen molar-refractivity contribution in [1.29, 1.82) is 0 Å². The van der Waals surface area contributed by atoms with E-state index in [2.05, 4.69) is 46.5 Å². The molecule has 0 spiro atoms. The fraction of sp³-hybridized carbons (Fsp3) is 0.421. The summed E-state index contributed by atoms with van der Waals surface area (Å²) in [5, 5.41) is 3.23. The lowest BCUT2D eigenvalue weighted by Gasteiger charge is -2.26. The van der Waals surface area contributed by atoms with Gasteiger partial charge in [-0.1, -0.05) is 29.8 Å². The van der Waals surface area contributed by atoms with Gasteiger partial charge in [-0.3, -0.25) is 4.79 Å². The highest BCUT2D eigenvalue weighted by atomic mass is 16.2. The first-order chi connectivity index (χ1) is 11.6. The normalized spacial score (nSPS) is 14.5. The molecule has 0 bridgehead atoms. The minimum absolute atomic E-state index is 0.0126. The van der Waals surface area contributed by atoms with Gasteiger partial charge in [0.2, 0.25) is 5.95 Å². The van der Waals surface area contributed by atoms with Gasteiger partial charge in [0.25, 0.3) is 5.91 Å². The highest BCUT2D eigenvalue weighted by Crippen LogP contribution is 2.14. The van der Waals surface area contributed by atoms with Crippen LogP contribution in [-0.2, 0) is 6.54 Å². The van der Waals surface area contributed by atoms with Crippen molar-refractivity contribution in [2.45, 2.75) is 39.7 Å². The number of hydrogen-bond donors (Lipinski definition) is 1. The molecule has 1 aromatic heterocycles. The molecule has 3 rings (SSSR count). The summed E-state index contributed by atoms with van der Waals surface area (Å²) in [5.74, 6) is 0.523. The topological polar surface area (TPSA) is 58.1 Å². The zero-order valence-electron chi connectivity index (χ0n) is 14.4. The van der Waals surface area contributed by atoms with Crippen LogP contribution in [0.1, 0.15) is 46.6 Å². The third-order valence-corrected chi connectivity index (χ3v) is 4.29. The maximum Gasteiger partial charge on any atom is 0.272 e. The molecule has 126 valence electrons. The summed E-state index contributed by atoms with van der Waals surface area (Å²) in [7, 11) is 0. The van der Waals surface area contributed by atoms with Gasteiger partial charge in [-0.2, -0.15) is 0 Å². The lowest BCUT2D eigenvalue weighted by molar-refractivity contribution is 0.0718. The van der Waals surface area contributed by atoms with Gasteiger partial charge in [0.05, 0.1) is 0 Å². The SMILES string of the molecule is Cc1ccc(CNc2nc(C)cc(C(=O)N3CCCCC3)n2)cc1. The molecule has 24 heavy (non-hydrogen) atoms. The molecule has 1 aliphatic rings. The number of nitrogens with zero attached hydrogens (tertiary/aromatic N) is 3. The zero-order valence-corrected chi connectivity index (χ0v) is 14.4. The van der Waals surface area contributed by atoms with E-state index in [-0.39, 0.29) is 5.91 Å². The van der Waals surface area contributed by atoms with Crippen molar-refractivity contribution in [1.82, 2.24) is 14.9 Å². The predicted octanol–water partition coefficient (Wildman–Crippen LogP) is 3.33. The van der Waals surface area contributed by atoms with Crippen LogP contribution in [0.3, 0.4) is 0 Å². The molecular weight excluding hydrogens is 300 g/mol. The van der Waals surface area contributed by atoms with Gasteiger partial charge in [0.15, 0.2) is 0 Å². The first-order valence-corrected chi connectivity index (χ1v) is 8.56. The molecule has 1 saturated heterocycles. The molecule has 5 heteroatoms. The van der Waals surface area contributed by atoms with Gasteiger partial charge in [-0.05, 0) is 44.7 Å². The Morgan fingerprint density at radius 2 is 1.79 bits per heavy atom. The Bertz CT molecular complexity index is 706. The molecule has 0 saturated carbocycles. The highest BCUT2D eigenvalue weighted by molar-refractivity contribution is 5.92. The number of aromatic nitrogens is 2. The molecule has 2 heterocycles. The number of hydrogen-bond acceptors (Lipinski definition) is 4. The Morgan fingerprint density at radius 1 is 1.08 bits per heavy atom. The van der Waals surface area contributed by atoms with Crippen LogP contribution in [0, 0.1) is 13.8 Å². The van der Waals surface area contributed by atoms with E-state index in [1.165, 1.54) is 12.0 Å². The van der Waals surface area contributed by atoms with E-state index in [0.29, 0.717) is 18.2 Å². The first-order valence-electron chi connectivity index (χ1n) is 8.56. The van der Waals surface area contributed by atoms with E-state index in [0.717, 1.165) is 37.2 Å². The Labute approximate surface area is 143 Å². The van der Waals surface area contributed by atoms with Crippen LogP contribution in [0.15, 0.2) is 30.3 Å². The third kappa shape index (κ3) is 4.10. The van der Waals surface area contributed by atoms with Crippen LogP contribution >= 0.6 is 0 Å². The highest BCUT2D eigenvalue weighted by Gasteiger charge is 2.20. The molecule has 0 radical (unpaired) electrons. The summed E-state index contributed by atoms with van der Waals surface area (Å²) in [5.41, 5.74) is 3.68. The molecular formula is C19H24N4O. The average molecular weight is 324 g/mol. The van der Waals surface area contributed by atoms with Crippen LogP contribution in [0.2, 0.25) is 0 Å². The lowest BCUT2D eigenvalue weighted by atomic mass is 10.1. The molecule has 1 N–H and O–H groups in total. The van der Waals surface area contributed by atoms with Crippen molar-refractivity contribution in [3.63, 3.8) is 0 Å². The number of anilines is 1. The molecule has 0 aliphatic carbocycles. The van der Waals surface area contributed by atoms with Crippen LogP contribution in [0.4, 0.5) is 5.95 Å². The number of rotatable bonds is 4. The largest absolute Gasteiger partial charge is 0.350 e. The maximum absolute atomic E-state index is 12.6. The molecule has 5 nitrogen and oxygen atoms in total. The number of carbonyl (C=O) groups is 1. The number of likely N-dealkylation sites (tertiary alicyclic amines) is 1. The maximum atomic E-state index is 12.6. The summed E-state index contributed by atoms with van der Waals surface area (Å²) < 4.78 is 0. The number of carbonyl (C=O) groups excluding carboxylic acids is 1. The van der Waals surface area contributed by atoms with Gasteiger partial charge in [0, 0.05) is 25.3 Å². The molecule has 2 aromatic rings. The molecule has 1 aromatic carbocycles. The van der Waals surface area contributed by atoms with Gasteiger partial charge in [0.1, 0.15) is 5.69 Å². The molecule has 1 aliphatic heterocycles. The molecule has 0 atom stereocenters. The monoisotopic (exact) mass is 324 g/mol. The fourth-order valence-corrected chi connectivity index (χ4v) is 2.90. The third-order valence-electron chi connectivity index (χ3n) is 4.29. The van der Waals surface area contributed by atoms with Gasteiger partial charge < -0.3 is 10.2 Å². The predicted molar refractivity (Wildman–Crippen MR) is 95.0 cm³/mol. The summed E-state index contributed by atoms with van der Waals surface area (Å²) in [6.45, 7) is 6.26. The summed E-state index contributed by atoms with van der Waals surface area (Å²) in [6.07, 6.45) is 3.36. The molecule has 0 unspecified atom stereocenters. The fourth-order valence-electron chi connectivity index (χ4n) is 2.90. The second-order valence-corrected chi connectivity index (χ2v) is 6.41. The van der Waals surface area contributed by atoms with Gasteiger partial charge >= 0.3 is 0 Å². The Morgan fingerprint density at radius 3 is 2.50 bits per heavy atom. The minimum atomic E-state index is 0.0126. The van der Waals surface area contributed by atoms with Crippen molar-refractivity contribution < 1.29 is 4.79 Å². The molecule has 1 fully saturated rings. The Kier molecular flexibility index (Phi) is 5.08. The number of benzene rings is 1. The van der Waals surface area contributed by atoms with E-state index in [4.69, 9.17) is 0 Å². The quantitative estimate of drug-likeness (QED) is 0.937. The number of piperidine rings is 1. The van der Waals surface area contributed by atoms with Crippen LogP contribution in [0.5, 0.6) is 0 Å². The van der Waals surface area contributed by atoms with Crippen molar-refractivity contribution >= 4 is 11.9 Å². The van der Waals surface area contributed by atoms with Crippen LogP contribution in [0.25, 0.3) is 0 Å². The summed E-state index contributed by atoms with van der Waals surface area (Å²) in [6, 6.07) is 10.1. The van der Waals surface area contributed by atoms with Crippen LogP contribution in [-0.4, -0.2) is 33.9 Å². The van der Waals surface area contributed by atoms with Crippen molar-refractivity contribution in [2.75, 3.05) is 18.4 Å². The van der Waals surface area contributed by atoms with Gasteiger partial charge in [-0.25, -0.2) is 9.97 Å². The van der Waals surface area contributed by atoms with E-state index in [1.807, 2.05) is 11.8 Å². The smallest absolute Gasteiger partial charge is 0.272 e. The standard InChI is InChI=1S/C19H24N4O/c1-14-6-8-16(9-7-14)13-20-19-21-15(2)12-17(22-19)18(24)23-10-4-3-5-11-23/h6-9,12H,3-5,10-11,13H2,1-2H3,(H,20,21,22). The summed E-state index contributed by atoms with van der Waals surface area (Å²) >= 11 is 0. The van der Waals surface area contributed by atoms with E-state index < -0.39 is 0 Å². The average Bonchev–Trinajstić information content (AvgIpc) is 2.61. The Hall–Kier alpha value is -2.43.